The van der Waals surface area contributed by atoms with Gasteiger partial charge >= 0.3 is 0 Å². The van der Waals surface area contributed by atoms with Crippen molar-refractivity contribution in [2.24, 2.45) is 0 Å². The van der Waals surface area contributed by atoms with Crippen LogP contribution in [0.15, 0.2) is 24.3 Å². The molecule has 1 rings (SSSR count). The topological polar surface area (TPSA) is 61.4 Å². The van der Waals surface area contributed by atoms with E-state index in [1.165, 1.54) is 25.7 Å². The summed E-state index contributed by atoms with van der Waals surface area (Å²) in [5.74, 6) is 0.0993. The molecule has 0 heterocycles. The average Bonchev–Trinajstić information content (AvgIpc) is 2.60. The summed E-state index contributed by atoms with van der Waals surface area (Å²) < 4.78 is 0. The molecule has 0 aliphatic carbocycles. The highest BCUT2D eigenvalue weighted by Crippen LogP contribution is 2.11. The first kappa shape index (κ1) is 21.2. The molecule has 0 unspecified atom stereocenters. The monoisotopic (exact) mass is 347 g/mol. The number of benzene rings is 1. The maximum atomic E-state index is 11.9. The van der Waals surface area contributed by atoms with E-state index in [1.54, 1.807) is 19.0 Å². The van der Waals surface area contributed by atoms with Crippen molar-refractivity contribution in [3.05, 3.63) is 29.8 Å². The lowest BCUT2D eigenvalue weighted by Gasteiger charge is -2.10. The van der Waals surface area contributed by atoms with Crippen molar-refractivity contribution < 1.29 is 9.59 Å². The van der Waals surface area contributed by atoms with E-state index in [9.17, 15) is 9.59 Å². The Labute approximate surface area is 152 Å². The molecule has 25 heavy (non-hydrogen) atoms. The number of hydrogen-bond acceptors (Lipinski definition) is 3. The van der Waals surface area contributed by atoms with Crippen molar-refractivity contribution in [2.75, 3.05) is 32.5 Å². The van der Waals surface area contributed by atoms with Crippen molar-refractivity contribution >= 4 is 17.5 Å². The molecule has 0 saturated heterocycles. The summed E-state index contributed by atoms with van der Waals surface area (Å²) in [7, 11) is 3.53. The van der Waals surface area contributed by atoms with Crippen LogP contribution in [-0.2, 0) is 16.0 Å². The van der Waals surface area contributed by atoms with Gasteiger partial charge in [-0.1, -0.05) is 44.7 Å². The lowest BCUT2D eigenvalue weighted by Crippen LogP contribution is -2.28. The number of carbonyl (C=O) groups is 2. The van der Waals surface area contributed by atoms with Gasteiger partial charge in [0.25, 0.3) is 0 Å². The summed E-state index contributed by atoms with van der Waals surface area (Å²) in [6.45, 7) is 3.43. The van der Waals surface area contributed by atoms with Gasteiger partial charge in [0.2, 0.25) is 11.8 Å². The van der Waals surface area contributed by atoms with Gasteiger partial charge in [-0.25, -0.2) is 0 Å². The van der Waals surface area contributed by atoms with Crippen molar-refractivity contribution in [3.8, 4) is 0 Å². The maximum Gasteiger partial charge on any atom is 0.238 e. The van der Waals surface area contributed by atoms with Crippen LogP contribution in [0, 0.1) is 0 Å². The fraction of sp³-hybridized carbons (Fsp3) is 0.600. The summed E-state index contributed by atoms with van der Waals surface area (Å²) in [6.07, 6.45) is 7.37. The fourth-order valence-corrected chi connectivity index (χ4v) is 2.49. The van der Waals surface area contributed by atoms with Crippen LogP contribution < -0.4 is 10.6 Å². The average molecular weight is 348 g/mol. The molecule has 0 radical (unpaired) electrons. The second kappa shape index (κ2) is 12.5. The molecule has 0 atom stereocenters. The maximum absolute atomic E-state index is 11.9. The molecule has 0 saturated carbocycles. The number of aryl methyl sites for hydroxylation is 1. The van der Waals surface area contributed by atoms with Crippen LogP contribution in [0.4, 0.5) is 5.69 Å². The molecule has 0 aromatic heterocycles. The minimum Gasteiger partial charge on any atom is -0.349 e. The standard InChI is InChI=1S/C20H33N3O2/c1-4-5-6-7-8-15-21-16-19(24)22-18-12-9-17(10-13-18)11-14-20(25)23(2)3/h9-10,12-13,21H,4-8,11,14-16H2,1-3H3,(H,22,24). The van der Waals surface area contributed by atoms with E-state index < -0.39 is 0 Å². The predicted octanol–water partition coefficient (Wildman–Crippen LogP) is 3.21. The molecule has 0 fully saturated rings. The zero-order valence-corrected chi connectivity index (χ0v) is 15.9. The van der Waals surface area contributed by atoms with Crippen LogP contribution in [0.2, 0.25) is 0 Å². The second-order valence-electron chi connectivity index (χ2n) is 6.62. The van der Waals surface area contributed by atoms with E-state index in [4.69, 9.17) is 0 Å². The highest BCUT2D eigenvalue weighted by molar-refractivity contribution is 5.92. The van der Waals surface area contributed by atoms with Gasteiger partial charge < -0.3 is 15.5 Å². The third-order valence-electron chi connectivity index (χ3n) is 4.11. The molecular weight excluding hydrogens is 314 g/mol. The fourth-order valence-electron chi connectivity index (χ4n) is 2.49. The summed E-state index contributed by atoms with van der Waals surface area (Å²) in [5.41, 5.74) is 1.89. The summed E-state index contributed by atoms with van der Waals surface area (Å²) in [5, 5.41) is 6.07. The Hall–Kier alpha value is -1.88. The molecule has 0 spiro atoms. The molecule has 0 aliphatic heterocycles. The number of unbranched alkanes of at least 4 members (excludes halogenated alkanes) is 4. The molecule has 5 heteroatoms. The van der Waals surface area contributed by atoms with E-state index >= 15 is 0 Å². The molecule has 140 valence electrons. The van der Waals surface area contributed by atoms with E-state index in [0.29, 0.717) is 19.4 Å². The summed E-state index contributed by atoms with van der Waals surface area (Å²) >= 11 is 0. The lowest BCUT2D eigenvalue weighted by atomic mass is 10.1. The highest BCUT2D eigenvalue weighted by Gasteiger charge is 2.05. The Morgan fingerprint density at radius 2 is 1.68 bits per heavy atom. The second-order valence-corrected chi connectivity index (χ2v) is 6.62. The minimum atomic E-state index is -0.0240. The molecule has 1 aromatic carbocycles. The Bertz CT molecular complexity index is 512. The Morgan fingerprint density at radius 1 is 1.00 bits per heavy atom. The minimum absolute atomic E-state index is 0.0240. The smallest absolute Gasteiger partial charge is 0.238 e. The van der Waals surface area contributed by atoms with Gasteiger partial charge in [0.05, 0.1) is 6.54 Å². The summed E-state index contributed by atoms with van der Waals surface area (Å²) in [6, 6.07) is 7.69. The largest absolute Gasteiger partial charge is 0.349 e. The molecule has 2 amide bonds. The summed E-state index contributed by atoms with van der Waals surface area (Å²) in [4.78, 5) is 25.1. The van der Waals surface area contributed by atoms with Gasteiger partial charge in [0.15, 0.2) is 0 Å². The van der Waals surface area contributed by atoms with Crippen LogP contribution in [-0.4, -0.2) is 43.9 Å². The van der Waals surface area contributed by atoms with Crippen LogP contribution in [0.3, 0.4) is 0 Å². The number of nitrogens with zero attached hydrogens (tertiary/aromatic N) is 1. The van der Waals surface area contributed by atoms with E-state index in [2.05, 4.69) is 17.6 Å². The zero-order valence-electron chi connectivity index (χ0n) is 15.9. The van der Waals surface area contributed by atoms with Crippen molar-refractivity contribution in [1.29, 1.82) is 0 Å². The Balaban J connectivity index is 2.21. The molecule has 0 aliphatic rings. The number of amides is 2. The van der Waals surface area contributed by atoms with Crippen molar-refractivity contribution in [1.82, 2.24) is 10.2 Å². The van der Waals surface area contributed by atoms with Gasteiger partial charge in [0, 0.05) is 26.2 Å². The highest BCUT2D eigenvalue weighted by atomic mass is 16.2. The normalized spacial score (nSPS) is 10.5. The number of rotatable bonds is 12. The quantitative estimate of drug-likeness (QED) is 0.571. The SMILES string of the molecule is CCCCCCCNCC(=O)Nc1ccc(CCC(=O)N(C)C)cc1. The first-order chi connectivity index (χ1) is 12.0. The van der Waals surface area contributed by atoms with Crippen molar-refractivity contribution in [3.63, 3.8) is 0 Å². The van der Waals surface area contributed by atoms with E-state index in [-0.39, 0.29) is 11.8 Å². The first-order valence-electron chi connectivity index (χ1n) is 9.32. The molecule has 2 N–H and O–H groups in total. The third kappa shape index (κ3) is 9.87. The van der Waals surface area contributed by atoms with Gasteiger partial charge in [-0.05, 0) is 37.1 Å². The predicted molar refractivity (Wildman–Crippen MR) is 104 cm³/mol. The number of carbonyl (C=O) groups excluding carboxylic acids is 2. The van der Waals surface area contributed by atoms with Crippen molar-refractivity contribution in [2.45, 2.75) is 51.9 Å². The van der Waals surface area contributed by atoms with Crippen LogP contribution in [0.5, 0.6) is 0 Å². The zero-order chi connectivity index (χ0) is 18.5. The van der Waals surface area contributed by atoms with E-state index in [0.717, 1.165) is 24.2 Å². The van der Waals surface area contributed by atoms with Gasteiger partial charge in [-0.3, -0.25) is 9.59 Å². The van der Waals surface area contributed by atoms with Crippen LogP contribution in [0.25, 0.3) is 0 Å². The third-order valence-corrected chi connectivity index (χ3v) is 4.11. The van der Waals surface area contributed by atoms with E-state index in [1.807, 2.05) is 24.3 Å². The molecule has 0 bridgehead atoms. The van der Waals surface area contributed by atoms with Crippen LogP contribution in [0.1, 0.15) is 51.0 Å². The Kier molecular flexibility index (Phi) is 10.6. The molecule has 1 aromatic rings. The Morgan fingerprint density at radius 3 is 2.32 bits per heavy atom. The molecule has 5 nitrogen and oxygen atoms in total. The van der Waals surface area contributed by atoms with Gasteiger partial charge in [0.1, 0.15) is 0 Å². The number of nitrogens with one attached hydrogen (secondary N) is 2. The lowest BCUT2D eigenvalue weighted by molar-refractivity contribution is -0.128. The van der Waals surface area contributed by atoms with Crippen LogP contribution >= 0.6 is 0 Å². The van der Waals surface area contributed by atoms with Gasteiger partial charge in [-0.2, -0.15) is 0 Å². The van der Waals surface area contributed by atoms with Gasteiger partial charge in [-0.15, -0.1) is 0 Å². The molecular formula is C20H33N3O2. The number of anilines is 1. The first-order valence-corrected chi connectivity index (χ1v) is 9.32. The number of hydrogen-bond donors (Lipinski definition) is 2.